The largest absolute Gasteiger partial charge is 0.393 e. The van der Waals surface area contributed by atoms with Crippen LogP contribution in [0, 0.1) is 29.6 Å². The average molecular weight is 252 g/mol. The SMILES string of the molecule is CCC1CCC(C(O)C2CC(C)CC(C)C2)CC1. The second kappa shape index (κ2) is 6.41. The maximum Gasteiger partial charge on any atom is 0.0596 e. The summed E-state index contributed by atoms with van der Waals surface area (Å²) in [7, 11) is 0. The van der Waals surface area contributed by atoms with Gasteiger partial charge in [0.1, 0.15) is 0 Å². The topological polar surface area (TPSA) is 20.2 Å². The fourth-order valence-electron chi connectivity index (χ4n) is 4.61. The summed E-state index contributed by atoms with van der Waals surface area (Å²) in [6.45, 7) is 7.04. The molecule has 0 aromatic heterocycles. The van der Waals surface area contributed by atoms with E-state index < -0.39 is 0 Å². The zero-order chi connectivity index (χ0) is 13.1. The normalized spacial score (nSPS) is 43.7. The predicted molar refractivity (Wildman–Crippen MR) is 77.4 cm³/mol. The van der Waals surface area contributed by atoms with Crippen molar-refractivity contribution >= 4 is 0 Å². The van der Waals surface area contributed by atoms with Crippen LogP contribution in [0.5, 0.6) is 0 Å². The van der Waals surface area contributed by atoms with E-state index in [-0.39, 0.29) is 6.10 Å². The fraction of sp³-hybridized carbons (Fsp3) is 1.00. The first-order chi connectivity index (χ1) is 8.60. The first-order valence-electron chi connectivity index (χ1n) is 8.28. The van der Waals surface area contributed by atoms with Crippen LogP contribution in [0.4, 0.5) is 0 Å². The van der Waals surface area contributed by atoms with Crippen molar-refractivity contribution in [2.45, 2.75) is 78.2 Å². The fourth-order valence-corrected chi connectivity index (χ4v) is 4.61. The van der Waals surface area contributed by atoms with Crippen LogP contribution in [0.25, 0.3) is 0 Å². The lowest BCUT2D eigenvalue weighted by atomic mass is 9.69. The molecule has 2 aliphatic carbocycles. The molecule has 0 aromatic rings. The second-order valence-electron chi connectivity index (χ2n) is 7.36. The third-order valence-corrected chi connectivity index (χ3v) is 5.65. The van der Waals surface area contributed by atoms with Crippen molar-refractivity contribution in [1.29, 1.82) is 0 Å². The van der Waals surface area contributed by atoms with Gasteiger partial charge >= 0.3 is 0 Å². The highest BCUT2D eigenvalue weighted by atomic mass is 16.3. The Morgan fingerprint density at radius 2 is 1.44 bits per heavy atom. The van der Waals surface area contributed by atoms with Crippen molar-refractivity contribution in [2.75, 3.05) is 0 Å². The van der Waals surface area contributed by atoms with Gasteiger partial charge in [0.2, 0.25) is 0 Å². The van der Waals surface area contributed by atoms with Crippen molar-refractivity contribution in [2.24, 2.45) is 29.6 Å². The van der Waals surface area contributed by atoms with Crippen LogP contribution in [0.3, 0.4) is 0 Å². The molecule has 106 valence electrons. The van der Waals surface area contributed by atoms with E-state index in [1.165, 1.54) is 51.4 Å². The Balaban J connectivity index is 1.85. The van der Waals surface area contributed by atoms with E-state index in [1.54, 1.807) is 0 Å². The van der Waals surface area contributed by atoms with Gasteiger partial charge in [0.15, 0.2) is 0 Å². The molecule has 1 N–H and O–H groups in total. The third kappa shape index (κ3) is 3.50. The van der Waals surface area contributed by atoms with Crippen LogP contribution in [0.1, 0.15) is 72.1 Å². The molecule has 2 aliphatic rings. The summed E-state index contributed by atoms with van der Waals surface area (Å²) < 4.78 is 0. The Hall–Kier alpha value is -0.0400. The Morgan fingerprint density at radius 3 is 1.94 bits per heavy atom. The molecule has 0 bridgehead atoms. The van der Waals surface area contributed by atoms with Crippen molar-refractivity contribution < 1.29 is 5.11 Å². The van der Waals surface area contributed by atoms with E-state index in [4.69, 9.17) is 0 Å². The molecule has 1 heteroatoms. The van der Waals surface area contributed by atoms with Crippen LogP contribution in [0.15, 0.2) is 0 Å². The van der Waals surface area contributed by atoms with Gasteiger partial charge in [0.05, 0.1) is 6.10 Å². The molecule has 3 atom stereocenters. The molecule has 1 nitrogen and oxygen atoms in total. The highest BCUT2D eigenvalue weighted by Crippen LogP contribution is 2.40. The summed E-state index contributed by atoms with van der Waals surface area (Å²) in [5.74, 6) is 3.78. The minimum absolute atomic E-state index is 0.00648. The first kappa shape index (κ1) is 14.4. The van der Waals surface area contributed by atoms with Gasteiger partial charge in [-0.1, -0.05) is 40.0 Å². The van der Waals surface area contributed by atoms with E-state index in [1.807, 2.05) is 0 Å². The van der Waals surface area contributed by atoms with Gasteiger partial charge in [0.25, 0.3) is 0 Å². The van der Waals surface area contributed by atoms with Crippen LogP contribution in [0.2, 0.25) is 0 Å². The maximum atomic E-state index is 10.7. The first-order valence-corrected chi connectivity index (χ1v) is 8.28. The van der Waals surface area contributed by atoms with Gasteiger partial charge in [-0.05, 0) is 61.7 Å². The van der Waals surface area contributed by atoms with Gasteiger partial charge in [0, 0.05) is 0 Å². The Morgan fingerprint density at radius 1 is 0.889 bits per heavy atom. The molecule has 0 aliphatic heterocycles. The standard InChI is InChI=1S/C17H32O/c1-4-14-5-7-15(8-6-14)17(18)16-10-12(2)9-13(3)11-16/h12-18H,4-11H2,1-3H3. The van der Waals surface area contributed by atoms with Crippen LogP contribution in [-0.2, 0) is 0 Å². The summed E-state index contributed by atoms with van der Waals surface area (Å²) in [4.78, 5) is 0. The Bertz CT molecular complexity index is 232. The monoisotopic (exact) mass is 252 g/mol. The molecule has 2 rings (SSSR count). The number of rotatable bonds is 3. The summed E-state index contributed by atoms with van der Waals surface area (Å²) >= 11 is 0. The Labute approximate surface area is 113 Å². The highest BCUT2D eigenvalue weighted by molar-refractivity contribution is 4.85. The van der Waals surface area contributed by atoms with E-state index in [0.717, 1.165) is 17.8 Å². The van der Waals surface area contributed by atoms with E-state index >= 15 is 0 Å². The lowest BCUT2D eigenvalue weighted by molar-refractivity contribution is -0.00456. The number of hydrogen-bond acceptors (Lipinski definition) is 1. The molecule has 0 aromatic carbocycles. The van der Waals surface area contributed by atoms with E-state index in [9.17, 15) is 5.11 Å². The summed E-state index contributed by atoms with van der Waals surface area (Å²) in [5, 5.41) is 10.7. The van der Waals surface area contributed by atoms with Gasteiger partial charge < -0.3 is 5.11 Å². The maximum absolute atomic E-state index is 10.7. The molecule has 2 saturated carbocycles. The van der Waals surface area contributed by atoms with Gasteiger partial charge in [-0.15, -0.1) is 0 Å². The van der Waals surface area contributed by atoms with Crippen molar-refractivity contribution in [3.05, 3.63) is 0 Å². The smallest absolute Gasteiger partial charge is 0.0596 e. The molecular weight excluding hydrogens is 220 g/mol. The highest BCUT2D eigenvalue weighted by Gasteiger charge is 2.34. The molecule has 0 amide bonds. The molecule has 0 saturated heterocycles. The zero-order valence-electron chi connectivity index (χ0n) is 12.6. The van der Waals surface area contributed by atoms with Crippen LogP contribution < -0.4 is 0 Å². The number of aliphatic hydroxyl groups excluding tert-OH is 1. The average Bonchev–Trinajstić information content (AvgIpc) is 2.37. The van der Waals surface area contributed by atoms with E-state index in [0.29, 0.717) is 11.8 Å². The van der Waals surface area contributed by atoms with Crippen LogP contribution in [-0.4, -0.2) is 11.2 Å². The third-order valence-electron chi connectivity index (χ3n) is 5.65. The second-order valence-corrected chi connectivity index (χ2v) is 7.36. The van der Waals surface area contributed by atoms with Gasteiger partial charge in [-0.2, -0.15) is 0 Å². The molecule has 18 heavy (non-hydrogen) atoms. The van der Waals surface area contributed by atoms with E-state index in [2.05, 4.69) is 20.8 Å². The molecular formula is C17H32O. The van der Waals surface area contributed by atoms with Crippen LogP contribution >= 0.6 is 0 Å². The van der Waals surface area contributed by atoms with Crippen molar-refractivity contribution in [1.82, 2.24) is 0 Å². The molecule has 3 unspecified atom stereocenters. The van der Waals surface area contributed by atoms with Crippen molar-refractivity contribution in [3.8, 4) is 0 Å². The van der Waals surface area contributed by atoms with Crippen molar-refractivity contribution in [3.63, 3.8) is 0 Å². The number of aliphatic hydroxyl groups is 1. The van der Waals surface area contributed by atoms with Gasteiger partial charge in [-0.25, -0.2) is 0 Å². The lowest BCUT2D eigenvalue weighted by Crippen LogP contribution is -2.36. The summed E-state index contributed by atoms with van der Waals surface area (Å²) in [6.07, 6.45) is 10.5. The zero-order valence-corrected chi connectivity index (χ0v) is 12.6. The number of hydrogen-bond donors (Lipinski definition) is 1. The van der Waals surface area contributed by atoms with Gasteiger partial charge in [-0.3, -0.25) is 0 Å². The lowest BCUT2D eigenvalue weighted by Gasteiger charge is -2.39. The minimum atomic E-state index is -0.00648. The summed E-state index contributed by atoms with van der Waals surface area (Å²) in [5.41, 5.74) is 0. The summed E-state index contributed by atoms with van der Waals surface area (Å²) in [6, 6.07) is 0. The molecule has 0 radical (unpaired) electrons. The molecule has 2 fully saturated rings. The molecule has 0 spiro atoms. The predicted octanol–water partition coefficient (Wildman–Crippen LogP) is 4.64. The quantitative estimate of drug-likeness (QED) is 0.776. The Kier molecular flexibility index (Phi) is 5.12. The molecule has 0 heterocycles. The minimum Gasteiger partial charge on any atom is -0.393 e.